The van der Waals surface area contributed by atoms with Crippen LogP contribution >= 0.6 is 23.2 Å². The van der Waals surface area contributed by atoms with Gasteiger partial charge in [0.25, 0.3) is 5.91 Å². The van der Waals surface area contributed by atoms with E-state index in [1.165, 1.54) is 0 Å². The van der Waals surface area contributed by atoms with E-state index in [1.807, 2.05) is 18.2 Å². The monoisotopic (exact) mass is 376 g/mol. The Bertz CT molecular complexity index is 752. The average molecular weight is 377 g/mol. The highest BCUT2D eigenvalue weighted by atomic mass is 35.5. The third kappa shape index (κ3) is 4.14. The molecular weight excluding hydrogens is 359 g/mol. The summed E-state index contributed by atoms with van der Waals surface area (Å²) in [5.41, 5.74) is 1.32. The molecule has 1 saturated heterocycles. The van der Waals surface area contributed by atoms with Gasteiger partial charge < -0.3 is 9.80 Å². The fourth-order valence-electron chi connectivity index (χ4n) is 2.89. The first-order chi connectivity index (χ1) is 12.1. The zero-order valence-corrected chi connectivity index (χ0v) is 15.1. The lowest BCUT2D eigenvalue weighted by Crippen LogP contribution is -2.51. The van der Waals surface area contributed by atoms with Crippen molar-refractivity contribution < 1.29 is 9.59 Å². The zero-order valence-electron chi connectivity index (χ0n) is 13.6. The number of hydrogen-bond donors (Lipinski definition) is 0. The van der Waals surface area contributed by atoms with Gasteiger partial charge in [-0.3, -0.25) is 9.59 Å². The number of benzene rings is 2. The lowest BCUT2D eigenvalue weighted by Gasteiger charge is -2.35. The standard InChI is InChI=1S/C19H18Cl2N2O2/c20-16-7-4-8-17(21)15(16)13-18(24)22-9-11-23(12-10-22)19(25)14-5-2-1-3-6-14/h1-8H,9-13H2. The van der Waals surface area contributed by atoms with E-state index in [2.05, 4.69) is 0 Å². The summed E-state index contributed by atoms with van der Waals surface area (Å²) in [6.45, 7) is 2.07. The van der Waals surface area contributed by atoms with Gasteiger partial charge in [0.2, 0.25) is 5.91 Å². The van der Waals surface area contributed by atoms with Crippen LogP contribution in [0.4, 0.5) is 0 Å². The Morgan fingerprint density at radius 2 is 1.36 bits per heavy atom. The normalized spacial score (nSPS) is 14.5. The molecule has 0 atom stereocenters. The molecule has 6 heteroatoms. The van der Waals surface area contributed by atoms with E-state index >= 15 is 0 Å². The van der Waals surface area contributed by atoms with Crippen LogP contribution < -0.4 is 0 Å². The molecule has 0 radical (unpaired) electrons. The summed E-state index contributed by atoms with van der Waals surface area (Å²) in [4.78, 5) is 28.5. The lowest BCUT2D eigenvalue weighted by molar-refractivity contribution is -0.131. The maximum absolute atomic E-state index is 12.5. The molecule has 0 saturated carbocycles. The van der Waals surface area contributed by atoms with Gasteiger partial charge in [0, 0.05) is 41.8 Å². The summed E-state index contributed by atoms with van der Waals surface area (Å²) >= 11 is 12.3. The third-order valence-electron chi connectivity index (χ3n) is 4.33. The van der Waals surface area contributed by atoms with E-state index in [4.69, 9.17) is 23.2 Å². The molecule has 0 aliphatic carbocycles. The number of rotatable bonds is 3. The van der Waals surface area contributed by atoms with E-state index in [9.17, 15) is 9.59 Å². The fourth-order valence-corrected chi connectivity index (χ4v) is 3.42. The van der Waals surface area contributed by atoms with Gasteiger partial charge in [-0.15, -0.1) is 0 Å². The summed E-state index contributed by atoms with van der Waals surface area (Å²) in [6.07, 6.45) is 0.172. The van der Waals surface area contributed by atoms with E-state index in [0.717, 1.165) is 0 Å². The Balaban J connectivity index is 1.59. The lowest BCUT2D eigenvalue weighted by atomic mass is 10.1. The Hall–Kier alpha value is -2.04. The van der Waals surface area contributed by atoms with Gasteiger partial charge in [-0.2, -0.15) is 0 Å². The van der Waals surface area contributed by atoms with Crippen LogP contribution in [-0.2, 0) is 11.2 Å². The van der Waals surface area contributed by atoms with E-state index in [0.29, 0.717) is 47.4 Å². The van der Waals surface area contributed by atoms with Crippen molar-refractivity contribution in [3.63, 3.8) is 0 Å². The number of hydrogen-bond acceptors (Lipinski definition) is 2. The van der Waals surface area contributed by atoms with Gasteiger partial charge >= 0.3 is 0 Å². The van der Waals surface area contributed by atoms with Crippen LogP contribution in [0.5, 0.6) is 0 Å². The van der Waals surface area contributed by atoms with E-state index in [-0.39, 0.29) is 18.2 Å². The van der Waals surface area contributed by atoms with Gasteiger partial charge in [-0.25, -0.2) is 0 Å². The molecule has 25 heavy (non-hydrogen) atoms. The highest BCUT2D eigenvalue weighted by Crippen LogP contribution is 2.25. The van der Waals surface area contributed by atoms with Gasteiger partial charge in [0.1, 0.15) is 0 Å². The van der Waals surface area contributed by atoms with Gasteiger partial charge in [0.05, 0.1) is 6.42 Å². The molecule has 2 aromatic rings. The minimum atomic E-state index is -0.0261. The Morgan fingerprint density at radius 3 is 1.96 bits per heavy atom. The number of carbonyl (C=O) groups excluding carboxylic acids is 2. The minimum Gasteiger partial charge on any atom is -0.339 e. The first-order valence-electron chi connectivity index (χ1n) is 8.11. The summed E-state index contributed by atoms with van der Waals surface area (Å²) in [6, 6.07) is 14.4. The predicted octanol–water partition coefficient (Wildman–Crippen LogP) is 3.52. The number of halogens is 2. The Kier molecular flexibility index (Phi) is 5.61. The van der Waals surface area contributed by atoms with Gasteiger partial charge in [-0.05, 0) is 29.8 Å². The molecule has 1 fully saturated rings. The summed E-state index contributed by atoms with van der Waals surface area (Å²) in [5.74, 6) is -0.0244. The van der Waals surface area contributed by atoms with Crippen LogP contribution in [0.3, 0.4) is 0 Å². The highest BCUT2D eigenvalue weighted by Gasteiger charge is 2.25. The van der Waals surface area contributed by atoms with Crippen molar-refractivity contribution in [3.8, 4) is 0 Å². The molecule has 0 spiro atoms. The topological polar surface area (TPSA) is 40.6 Å². The zero-order chi connectivity index (χ0) is 17.8. The number of nitrogens with zero attached hydrogens (tertiary/aromatic N) is 2. The molecule has 1 heterocycles. The number of amides is 2. The van der Waals surface area contributed by atoms with Crippen LogP contribution in [0.25, 0.3) is 0 Å². The van der Waals surface area contributed by atoms with Crippen molar-refractivity contribution in [2.45, 2.75) is 6.42 Å². The first kappa shape index (κ1) is 17.8. The third-order valence-corrected chi connectivity index (χ3v) is 5.04. The smallest absolute Gasteiger partial charge is 0.253 e. The van der Waals surface area contributed by atoms with Crippen LogP contribution in [0.1, 0.15) is 15.9 Å². The van der Waals surface area contributed by atoms with Crippen molar-refractivity contribution in [1.82, 2.24) is 9.80 Å². The Morgan fingerprint density at radius 1 is 0.800 bits per heavy atom. The second kappa shape index (κ2) is 7.89. The quantitative estimate of drug-likeness (QED) is 0.821. The molecule has 0 aromatic heterocycles. The van der Waals surface area contributed by atoms with Crippen LogP contribution in [0, 0.1) is 0 Å². The van der Waals surface area contributed by atoms with Crippen molar-refractivity contribution >= 4 is 35.0 Å². The summed E-state index contributed by atoms with van der Waals surface area (Å²) < 4.78 is 0. The molecular formula is C19H18Cl2N2O2. The first-order valence-corrected chi connectivity index (χ1v) is 8.87. The van der Waals surface area contributed by atoms with Crippen molar-refractivity contribution in [3.05, 3.63) is 69.7 Å². The molecule has 0 unspecified atom stereocenters. The SMILES string of the molecule is O=C(Cc1c(Cl)cccc1Cl)N1CCN(C(=O)c2ccccc2)CC1. The van der Waals surface area contributed by atoms with Crippen molar-refractivity contribution in [2.24, 2.45) is 0 Å². The molecule has 2 amide bonds. The van der Waals surface area contributed by atoms with E-state index in [1.54, 1.807) is 40.1 Å². The van der Waals surface area contributed by atoms with Gasteiger partial charge in [0.15, 0.2) is 0 Å². The van der Waals surface area contributed by atoms with Crippen molar-refractivity contribution in [1.29, 1.82) is 0 Å². The average Bonchev–Trinajstić information content (AvgIpc) is 2.65. The fraction of sp³-hybridized carbons (Fsp3) is 0.263. The maximum atomic E-state index is 12.5. The van der Waals surface area contributed by atoms with Crippen LogP contribution in [0.2, 0.25) is 10.0 Å². The Labute approximate surface area is 156 Å². The molecule has 2 aromatic carbocycles. The second-order valence-electron chi connectivity index (χ2n) is 5.92. The number of piperazine rings is 1. The highest BCUT2D eigenvalue weighted by molar-refractivity contribution is 6.36. The predicted molar refractivity (Wildman–Crippen MR) is 99.1 cm³/mol. The molecule has 0 N–H and O–H groups in total. The summed E-state index contributed by atoms with van der Waals surface area (Å²) in [7, 11) is 0. The largest absolute Gasteiger partial charge is 0.339 e. The van der Waals surface area contributed by atoms with Gasteiger partial charge in [-0.1, -0.05) is 47.5 Å². The van der Waals surface area contributed by atoms with Crippen LogP contribution in [-0.4, -0.2) is 47.8 Å². The maximum Gasteiger partial charge on any atom is 0.253 e. The molecule has 4 nitrogen and oxygen atoms in total. The number of carbonyl (C=O) groups is 2. The molecule has 130 valence electrons. The molecule has 1 aliphatic heterocycles. The molecule has 1 aliphatic rings. The summed E-state index contributed by atoms with van der Waals surface area (Å²) in [5, 5.41) is 0.998. The minimum absolute atomic E-state index is 0.00171. The second-order valence-corrected chi connectivity index (χ2v) is 6.73. The van der Waals surface area contributed by atoms with E-state index < -0.39 is 0 Å². The van der Waals surface area contributed by atoms with Crippen molar-refractivity contribution in [2.75, 3.05) is 26.2 Å². The van der Waals surface area contributed by atoms with Crippen LogP contribution in [0.15, 0.2) is 48.5 Å². The molecule has 0 bridgehead atoms. The molecule has 3 rings (SSSR count).